The summed E-state index contributed by atoms with van der Waals surface area (Å²) in [7, 11) is 1.50. The van der Waals surface area contributed by atoms with Crippen LogP contribution in [0.15, 0.2) is 22.7 Å². The lowest BCUT2D eigenvalue weighted by Crippen LogP contribution is -2.30. The largest absolute Gasteiger partial charge is 0.495 e. The van der Waals surface area contributed by atoms with E-state index in [1.165, 1.54) is 14.0 Å². The number of aryl methyl sites for hydroxylation is 2. The average Bonchev–Trinajstić information content (AvgIpc) is 2.95. The average molecular weight is 367 g/mol. The number of rotatable bonds is 6. The van der Waals surface area contributed by atoms with Gasteiger partial charge in [0, 0.05) is 5.69 Å². The van der Waals surface area contributed by atoms with Crippen LogP contribution >= 0.6 is 11.6 Å². The van der Waals surface area contributed by atoms with Crippen molar-refractivity contribution in [3.63, 3.8) is 0 Å². The summed E-state index contributed by atoms with van der Waals surface area (Å²) in [6.07, 6.45) is -0.487. The van der Waals surface area contributed by atoms with E-state index < -0.39 is 18.0 Å². The highest BCUT2D eigenvalue weighted by Crippen LogP contribution is 2.27. The Hall–Kier alpha value is -2.54. The van der Waals surface area contributed by atoms with E-state index in [0.717, 1.165) is 0 Å². The van der Waals surface area contributed by atoms with Crippen LogP contribution in [-0.4, -0.2) is 30.2 Å². The zero-order valence-electron chi connectivity index (χ0n) is 14.4. The highest BCUT2D eigenvalue weighted by molar-refractivity contribution is 6.32. The maximum atomic E-state index is 12.3. The zero-order chi connectivity index (χ0) is 18.6. The number of benzene rings is 1. The van der Waals surface area contributed by atoms with E-state index in [0.29, 0.717) is 34.3 Å². The van der Waals surface area contributed by atoms with Crippen LogP contribution in [0.5, 0.6) is 5.75 Å². The van der Waals surface area contributed by atoms with Gasteiger partial charge in [-0.15, -0.1) is 0 Å². The Morgan fingerprint density at radius 3 is 2.72 bits per heavy atom. The molecule has 0 radical (unpaired) electrons. The van der Waals surface area contributed by atoms with Gasteiger partial charge >= 0.3 is 5.97 Å². The van der Waals surface area contributed by atoms with E-state index in [-0.39, 0.29) is 5.56 Å². The molecule has 1 aromatic heterocycles. The van der Waals surface area contributed by atoms with Crippen LogP contribution in [0.3, 0.4) is 0 Å². The maximum absolute atomic E-state index is 12.3. The number of carbonyl (C=O) groups is 2. The number of hydrogen-bond donors (Lipinski definition) is 1. The summed E-state index contributed by atoms with van der Waals surface area (Å²) in [6, 6.07) is 4.81. The number of aromatic nitrogens is 1. The number of esters is 1. The normalized spacial score (nSPS) is 11.7. The third-order valence-corrected chi connectivity index (χ3v) is 3.84. The molecule has 1 atom stereocenters. The van der Waals surface area contributed by atoms with E-state index in [2.05, 4.69) is 10.5 Å². The molecule has 1 aromatic carbocycles. The van der Waals surface area contributed by atoms with Gasteiger partial charge in [0.15, 0.2) is 6.10 Å². The lowest BCUT2D eigenvalue weighted by Gasteiger charge is -2.14. The van der Waals surface area contributed by atoms with Crippen LogP contribution in [0.25, 0.3) is 0 Å². The first kappa shape index (κ1) is 18.8. The molecule has 0 aliphatic rings. The van der Waals surface area contributed by atoms with Gasteiger partial charge in [0.1, 0.15) is 17.1 Å². The number of hydrogen-bond acceptors (Lipinski definition) is 6. The molecule has 0 aliphatic carbocycles. The molecule has 1 N–H and O–H groups in total. The summed E-state index contributed by atoms with van der Waals surface area (Å²) in [6.45, 7) is 4.94. The molecule has 0 spiro atoms. The Labute approximate surface area is 150 Å². The Balaban J connectivity index is 2.04. The van der Waals surface area contributed by atoms with Crippen molar-refractivity contribution in [3.05, 3.63) is 40.2 Å². The smallest absolute Gasteiger partial charge is 0.344 e. The van der Waals surface area contributed by atoms with Gasteiger partial charge in [0.2, 0.25) is 0 Å². The van der Waals surface area contributed by atoms with Crippen LogP contribution in [0.1, 0.15) is 35.7 Å². The zero-order valence-corrected chi connectivity index (χ0v) is 15.1. The summed E-state index contributed by atoms with van der Waals surface area (Å²) in [5.74, 6) is -0.279. The molecule has 25 heavy (non-hydrogen) atoms. The van der Waals surface area contributed by atoms with Crippen molar-refractivity contribution in [2.24, 2.45) is 0 Å². The summed E-state index contributed by atoms with van der Waals surface area (Å²) < 4.78 is 15.3. The molecule has 0 bridgehead atoms. The standard InChI is InChI=1S/C17H19ClN2O5/c1-5-13-15(9(2)25-20-13)17(22)24-10(3)16(21)19-11-6-7-14(23-4)12(18)8-11/h6-8,10H,5H2,1-4H3,(H,19,21)/t10-/m0/s1. The fourth-order valence-corrected chi connectivity index (χ4v) is 2.44. The Morgan fingerprint density at radius 1 is 1.40 bits per heavy atom. The van der Waals surface area contributed by atoms with Crippen molar-refractivity contribution in [3.8, 4) is 5.75 Å². The topological polar surface area (TPSA) is 90.7 Å². The third kappa shape index (κ3) is 4.30. The van der Waals surface area contributed by atoms with Gasteiger partial charge in [-0.3, -0.25) is 4.79 Å². The number of halogens is 1. The van der Waals surface area contributed by atoms with Gasteiger partial charge in [-0.2, -0.15) is 0 Å². The predicted octanol–water partition coefficient (Wildman–Crippen LogP) is 3.39. The molecule has 134 valence electrons. The van der Waals surface area contributed by atoms with Crippen molar-refractivity contribution in [1.82, 2.24) is 5.16 Å². The predicted molar refractivity (Wildman–Crippen MR) is 92.1 cm³/mol. The van der Waals surface area contributed by atoms with Crippen molar-refractivity contribution >= 4 is 29.2 Å². The Kier molecular flexibility index (Phi) is 6.03. The number of methoxy groups -OCH3 is 1. The summed E-state index contributed by atoms with van der Waals surface area (Å²) >= 11 is 6.02. The van der Waals surface area contributed by atoms with Gasteiger partial charge in [0.05, 0.1) is 17.8 Å². The highest BCUT2D eigenvalue weighted by atomic mass is 35.5. The monoisotopic (exact) mass is 366 g/mol. The van der Waals surface area contributed by atoms with Crippen molar-refractivity contribution in [1.29, 1.82) is 0 Å². The molecule has 2 rings (SSSR count). The van der Waals surface area contributed by atoms with Gasteiger partial charge in [0.25, 0.3) is 5.91 Å². The van der Waals surface area contributed by atoms with E-state index in [4.69, 9.17) is 25.6 Å². The summed E-state index contributed by atoms with van der Waals surface area (Å²) in [5.41, 5.74) is 1.22. The molecule has 0 aliphatic heterocycles. The molecule has 0 unspecified atom stereocenters. The number of amides is 1. The van der Waals surface area contributed by atoms with Crippen LogP contribution in [0.4, 0.5) is 5.69 Å². The first-order valence-corrected chi connectivity index (χ1v) is 8.05. The molecule has 0 saturated carbocycles. The van der Waals surface area contributed by atoms with Crippen molar-refractivity contribution in [2.45, 2.75) is 33.3 Å². The minimum Gasteiger partial charge on any atom is -0.495 e. The van der Waals surface area contributed by atoms with E-state index in [9.17, 15) is 9.59 Å². The second kappa shape index (κ2) is 8.02. The number of anilines is 1. The quantitative estimate of drug-likeness (QED) is 0.788. The second-order valence-corrected chi connectivity index (χ2v) is 5.71. The minimum atomic E-state index is -1.01. The molecular weight excluding hydrogens is 348 g/mol. The maximum Gasteiger partial charge on any atom is 0.344 e. The van der Waals surface area contributed by atoms with Gasteiger partial charge in [-0.05, 0) is 38.5 Å². The number of carbonyl (C=O) groups excluding carboxylic acids is 2. The van der Waals surface area contributed by atoms with E-state index >= 15 is 0 Å². The molecule has 1 amide bonds. The number of nitrogens with zero attached hydrogens (tertiary/aromatic N) is 1. The van der Waals surface area contributed by atoms with Gasteiger partial charge < -0.3 is 19.3 Å². The van der Waals surface area contributed by atoms with Crippen LogP contribution in [0, 0.1) is 6.92 Å². The fraction of sp³-hybridized carbons (Fsp3) is 0.353. The Bertz CT molecular complexity index is 787. The lowest BCUT2D eigenvalue weighted by molar-refractivity contribution is -0.123. The molecule has 7 nitrogen and oxygen atoms in total. The van der Waals surface area contributed by atoms with Crippen LogP contribution in [-0.2, 0) is 16.0 Å². The van der Waals surface area contributed by atoms with Crippen molar-refractivity contribution < 1.29 is 23.6 Å². The molecule has 2 aromatic rings. The van der Waals surface area contributed by atoms with E-state index in [1.54, 1.807) is 25.1 Å². The first-order valence-electron chi connectivity index (χ1n) is 7.67. The molecule has 1 heterocycles. The van der Waals surface area contributed by atoms with Crippen LogP contribution < -0.4 is 10.1 Å². The molecule has 0 fully saturated rings. The molecule has 8 heteroatoms. The molecule has 0 saturated heterocycles. The van der Waals surface area contributed by atoms with Gasteiger partial charge in [-0.1, -0.05) is 23.7 Å². The van der Waals surface area contributed by atoms with Gasteiger partial charge in [-0.25, -0.2) is 4.79 Å². The highest BCUT2D eigenvalue weighted by Gasteiger charge is 2.25. The second-order valence-electron chi connectivity index (χ2n) is 5.30. The Morgan fingerprint density at radius 2 is 2.12 bits per heavy atom. The fourth-order valence-electron chi connectivity index (χ4n) is 2.18. The molecular formula is C17H19ClN2O5. The lowest BCUT2D eigenvalue weighted by atomic mass is 10.1. The SMILES string of the molecule is CCc1noc(C)c1C(=O)O[C@@H](C)C(=O)Nc1ccc(OC)c(Cl)c1. The van der Waals surface area contributed by atoms with Crippen LogP contribution in [0.2, 0.25) is 5.02 Å². The first-order chi connectivity index (χ1) is 11.9. The summed E-state index contributed by atoms with van der Waals surface area (Å²) in [5, 5.41) is 6.79. The summed E-state index contributed by atoms with van der Waals surface area (Å²) in [4.78, 5) is 24.5. The van der Waals surface area contributed by atoms with Crippen molar-refractivity contribution in [2.75, 3.05) is 12.4 Å². The third-order valence-electron chi connectivity index (χ3n) is 3.54. The van der Waals surface area contributed by atoms with E-state index in [1.807, 2.05) is 6.92 Å². The number of ether oxygens (including phenoxy) is 2. The number of nitrogens with one attached hydrogen (secondary N) is 1. The minimum absolute atomic E-state index is 0.259.